The maximum Gasteiger partial charge on any atom is 0.354 e. The number of benzene rings is 1. The third-order valence-electron chi connectivity index (χ3n) is 2.53. The lowest BCUT2D eigenvalue weighted by Crippen LogP contribution is -2.03. The largest absolute Gasteiger partial charge is 0.492 e. The Morgan fingerprint density at radius 1 is 1.19 bits per heavy atom. The van der Waals surface area contributed by atoms with Gasteiger partial charge in [-0.3, -0.25) is 0 Å². The van der Waals surface area contributed by atoms with Crippen LogP contribution in [0.25, 0.3) is 0 Å². The van der Waals surface area contributed by atoms with Gasteiger partial charge in [0.15, 0.2) is 0 Å². The Labute approximate surface area is 132 Å². The van der Waals surface area contributed by atoms with Gasteiger partial charge in [0.1, 0.15) is 11.4 Å². The fraction of sp³-hybridized carbons (Fsp3) is 0.250. The van der Waals surface area contributed by atoms with Crippen molar-refractivity contribution >= 4 is 21.9 Å². The predicted molar refractivity (Wildman–Crippen MR) is 85.9 cm³/mol. The predicted octanol–water partition coefficient (Wildman–Crippen LogP) is 4.19. The molecule has 0 fully saturated rings. The van der Waals surface area contributed by atoms with E-state index in [0.717, 1.165) is 10.9 Å². The number of ether oxygens (including phenoxy) is 1. The highest BCUT2D eigenvalue weighted by Crippen LogP contribution is 2.12. The lowest BCUT2D eigenvalue weighted by atomic mass is 10.2. The van der Waals surface area contributed by atoms with Gasteiger partial charge in [0.2, 0.25) is 0 Å². The van der Waals surface area contributed by atoms with E-state index < -0.39 is 5.97 Å². The molecule has 1 aromatic heterocycles. The average Bonchev–Trinajstić information content (AvgIpc) is 2.52. The van der Waals surface area contributed by atoms with Crippen LogP contribution in [0.15, 0.2) is 47.1 Å². The van der Waals surface area contributed by atoms with E-state index in [9.17, 15) is 4.79 Å². The van der Waals surface area contributed by atoms with Gasteiger partial charge in [-0.2, -0.15) is 0 Å². The zero-order chi connectivity index (χ0) is 15.7. The SMILES string of the molecule is CC.O=C(O)c1ccc(OCCc2ccc(Br)cc2)cn1. The van der Waals surface area contributed by atoms with Crippen LogP contribution in [-0.2, 0) is 6.42 Å². The fourth-order valence-corrected chi connectivity index (χ4v) is 1.79. The third-order valence-corrected chi connectivity index (χ3v) is 3.06. The van der Waals surface area contributed by atoms with E-state index in [1.54, 1.807) is 6.07 Å². The zero-order valence-corrected chi connectivity index (χ0v) is 13.6. The molecule has 1 heterocycles. The van der Waals surface area contributed by atoms with Crippen LogP contribution in [0, 0.1) is 0 Å². The van der Waals surface area contributed by atoms with Gasteiger partial charge in [-0.15, -0.1) is 0 Å². The second kappa shape index (κ2) is 9.13. The van der Waals surface area contributed by atoms with Crippen LogP contribution in [0.3, 0.4) is 0 Å². The van der Waals surface area contributed by atoms with Crippen LogP contribution in [0.5, 0.6) is 5.75 Å². The molecule has 0 saturated carbocycles. The average molecular weight is 352 g/mol. The van der Waals surface area contributed by atoms with Crippen LogP contribution in [0.2, 0.25) is 0 Å². The first kappa shape index (κ1) is 17.2. The van der Waals surface area contributed by atoms with E-state index in [1.807, 2.05) is 38.1 Å². The van der Waals surface area contributed by atoms with Crippen LogP contribution < -0.4 is 4.74 Å². The number of halogens is 1. The van der Waals surface area contributed by atoms with Crippen LogP contribution >= 0.6 is 15.9 Å². The molecule has 2 aromatic rings. The van der Waals surface area contributed by atoms with Crippen molar-refractivity contribution in [3.63, 3.8) is 0 Å². The number of hydrogen-bond donors (Lipinski definition) is 1. The summed E-state index contributed by atoms with van der Waals surface area (Å²) in [7, 11) is 0. The van der Waals surface area contributed by atoms with Crippen LogP contribution in [0.4, 0.5) is 0 Å². The lowest BCUT2D eigenvalue weighted by Gasteiger charge is -2.06. The molecule has 0 aliphatic rings. The Balaban J connectivity index is 0.00000106. The number of carbonyl (C=O) groups is 1. The third kappa shape index (κ3) is 5.95. The van der Waals surface area contributed by atoms with Crippen LogP contribution in [0.1, 0.15) is 29.9 Å². The topological polar surface area (TPSA) is 59.4 Å². The maximum atomic E-state index is 10.6. The maximum absolute atomic E-state index is 10.6. The fourth-order valence-electron chi connectivity index (χ4n) is 1.53. The molecule has 21 heavy (non-hydrogen) atoms. The molecule has 0 radical (unpaired) electrons. The van der Waals surface area contributed by atoms with Gasteiger partial charge in [0.05, 0.1) is 12.8 Å². The molecular formula is C16H18BrNO3. The Morgan fingerprint density at radius 2 is 1.86 bits per heavy atom. The monoisotopic (exact) mass is 351 g/mol. The minimum Gasteiger partial charge on any atom is -0.492 e. The number of carboxylic acids is 1. The summed E-state index contributed by atoms with van der Waals surface area (Å²) in [5.74, 6) is -0.469. The van der Waals surface area contributed by atoms with E-state index in [-0.39, 0.29) is 5.69 Å². The molecule has 0 saturated heterocycles. The quantitative estimate of drug-likeness (QED) is 0.877. The molecule has 0 atom stereocenters. The highest BCUT2D eigenvalue weighted by Gasteiger charge is 2.03. The first-order chi connectivity index (χ1) is 10.1. The van der Waals surface area contributed by atoms with Gasteiger partial charge < -0.3 is 9.84 Å². The van der Waals surface area contributed by atoms with Crippen molar-refractivity contribution in [2.45, 2.75) is 20.3 Å². The summed E-state index contributed by atoms with van der Waals surface area (Å²) >= 11 is 3.38. The number of aromatic carboxylic acids is 1. The molecule has 5 heteroatoms. The van der Waals surface area contributed by atoms with E-state index in [0.29, 0.717) is 12.4 Å². The van der Waals surface area contributed by atoms with E-state index in [2.05, 4.69) is 20.9 Å². The smallest absolute Gasteiger partial charge is 0.354 e. The molecule has 0 bridgehead atoms. The minimum atomic E-state index is -1.04. The highest BCUT2D eigenvalue weighted by atomic mass is 79.9. The Kier molecular flexibility index (Phi) is 7.46. The molecule has 4 nitrogen and oxygen atoms in total. The first-order valence-corrected chi connectivity index (χ1v) is 7.51. The molecule has 0 amide bonds. The summed E-state index contributed by atoms with van der Waals surface area (Å²) in [4.78, 5) is 14.4. The molecule has 1 aromatic carbocycles. The number of aromatic nitrogens is 1. The number of rotatable bonds is 5. The molecule has 0 aliphatic heterocycles. The molecule has 1 N–H and O–H groups in total. The Bertz CT molecular complexity index is 553. The van der Waals surface area contributed by atoms with Crippen molar-refractivity contribution in [3.8, 4) is 5.75 Å². The summed E-state index contributed by atoms with van der Waals surface area (Å²) in [6.45, 7) is 4.52. The van der Waals surface area contributed by atoms with Crippen molar-refractivity contribution < 1.29 is 14.6 Å². The van der Waals surface area contributed by atoms with E-state index >= 15 is 0 Å². The molecule has 0 unspecified atom stereocenters. The lowest BCUT2D eigenvalue weighted by molar-refractivity contribution is 0.0690. The number of pyridine rings is 1. The second-order valence-corrected chi connectivity index (χ2v) is 4.82. The number of nitrogens with zero attached hydrogens (tertiary/aromatic N) is 1. The summed E-state index contributed by atoms with van der Waals surface area (Å²) in [6, 6.07) is 11.1. The molecule has 0 spiro atoms. The Hall–Kier alpha value is -1.88. The van der Waals surface area contributed by atoms with E-state index in [1.165, 1.54) is 17.8 Å². The minimum absolute atomic E-state index is 0.0141. The van der Waals surface area contributed by atoms with Gasteiger partial charge >= 0.3 is 5.97 Å². The van der Waals surface area contributed by atoms with Crippen molar-refractivity contribution in [3.05, 3.63) is 58.3 Å². The zero-order valence-electron chi connectivity index (χ0n) is 12.0. The summed E-state index contributed by atoms with van der Waals surface area (Å²) in [5, 5.41) is 8.72. The van der Waals surface area contributed by atoms with Gasteiger partial charge in [-0.1, -0.05) is 41.9 Å². The summed E-state index contributed by atoms with van der Waals surface area (Å²) < 4.78 is 6.55. The van der Waals surface area contributed by atoms with Gasteiger partial charge in [-0.05, 0) is 29.8 Å². The van der Waals surface area contributed by atoms with Crippen molar-refractivity contribution in [1.29, 1.82) is 0 Å². The molecule has 0 aliphatic carbocycles. The van der Waals surface area contributed by atoms with E-state index in [4.69, 9.17) is 9.84 Å². The second-order valence-electron chi connectivity index (χ2n) is 3.91. The van der Waals surface area contributed by atoms with Crippen molar-refractivity contribution in [2.24, 2.45) is 0 Å². The molecule has 2 rings (SSSR count). The highest BCUT2D eigenvalue weighted by molar-refractivity contribution is 9.10. The van der Waals surface area contributed by atoms with Gasteiger partial charge in [-0.25, -0.2) is 9.78 Å². The molecule has 112 valence electrons. The van der Waals surface area contributed by atoms with Gasteiger partial charge in [0.25, 0.3) is 0 Å². The first-order valence-electron chi connectivity index (χ1n) is 6.72. The Morgan fingerprint density at radius 3 is 2.38 bits per heavy atom. The normalized spacial score (nSPS) is 9.48. The summed E-state index contributed by atoms with van der Waals surface area (Å²) in [6.07, 6.45) is 2.21. The number of hydrogen-bond acceptors (Lipinski definition) is 3. The van der Waals surface area contributed by atoms with Crippen molar-refractivity contribution in [1.82, 2.24) is 4.98 Å². The summed E-state index contributed by atoms with van der Waals surface area (Å²) in [5.41, 5.74) is 1.19. The van der Waals surface area contributed by atoms with Gasteiger partial charge in [0, 0.05) is 10.9 Å². The standard InChI is InChI=1S/C14H12BrNO3.C2H6/c15-11-3-1-10(2-4-11)7-8-19-12-5-6-13(14(17)18)16-9-12;1-2/h1-6,9H,7-8H2,(H,17,18);1-2H3. The number of carboxylic acid groups (broad SMARTS) is 1. The van der Waals surface area contributed by atoms with Crippen molar-refractivity contribution in [2.75, 3.05) is 6.61 Å². The van der Waals surface area contributed by atoms with Crippen LogP contribution in [-0.4, -0.2) is 22.7 Å². The molecular weight excluding hydrogens is 334 g/mol.